The third kappa shape index (κ3) is 0.621. The zero-order valence-corrected chi connectivity index (χ0v) is 10.4. The van der Waals surface area contributed by atoms with Gasteiger partial charge in [-0.05, 0) is 36.0 Å². The number of hydrogen-bond donors (Lipinski definition) is 0. The molecule has 1 heterocycles. The second-order valence-electron chi connectivity index (χ2n) is 6.02. The van der Waals surface area contributed by atoms with Crippen molar-refractivity contribution in [3.63, 3.8) is 0 Å². The van der Waals surface area contributed by atoms with Crippen LogP contribution in [-0.4, -0.2) is 16.1 Å². The van der Waals surface area contributed by atoms with E-state index in [1.165, 1.54) is 6.42 Å². The number of ether oxygens (including phenoxy) is 1. The van der Waals surface area contributed by atoms with Crippen molar-refractivity contribution >= 4 is 22.6 Å². The average molecular weight is 313 g/mol. The molecule has 0 amide bonds. The van der Waals surface area contributed by atoms with Gasteiger partial charge in [-0.1, -0.05) is 22.6 Å². The van der Waals surface area contributed by atoms with E-state index >= 15 is 0 Å². The number of nitriles is 1. The molecule has 5 rings (SSSR count). The molecule has 6 bridgehead atoms. The first-order chi connectivity index (χ1) is 7.33. The van der Waals surface area contributed by atoms with Gasteiger partial charge in [0.25, 0.3) is 0 Å². The van der Waals surface area contributed by atoms with E-state index in [0.29, 0.717) is 24.0 Å². The monoisotopic (exact) mass is 313 g/mol. The van der Waals surface area contributed by atoms with Crippen molar-refractivity contribution in [1.29, 1.82) is 5.26 Å². The minimum atomic E-state index is 0.377. The van der Waals surface area contributed by atoms with Crippen molar-refractivity contribution < 1.29 is 4.74 Å². The molecule has 0 aromatic rings. The van der Waals surface area contributed by atoms with Gasteiger partial charge in [-0.15, -0.1) is 0 Å². The van der Waals surface area contributed by atoms with Gasteiger partial charge in [-0.2, -0.15) is 5.26 Å². The summed E-state index contributed by atoms with van der Waals surface area (Å²) in [5.41, 5.74) is 0. The molecule has 3 heteroatoms. The lowest BCUT2D eigenvalue weighted by molar-refractivity contribution is -0.0446. The molecule has 0 N–H and O–H groups in total. The highest BCUT2D eigenvalue weighted by Gasteiger charge is 2.79. The van der Waals surface area contributed by atoms with Gasteiger partial charge in [-0.3, -0.25) is 0 Å². The molecule has 0 aromatic carbocycles. The van der Waals surface area contributed by atoms with Gasteiger partial charge < -0.3 is 4.74 Å². The molecule has 2 nitrogen and oxygen atoms in total. The third-order valence-corrected chi connectivity index (χ3v) is 7.72. The van der Waals surface area contributed by atoms with E-state index in [4.69, 9.17) is 4.74 Å². The maximum Gasteiger partial charge on any atom is 0.0662 e. The number of halogens is 1. The van der Waals surface area contributed by atoms with Crippen molar-refractivity contribution in [3.8, 4) is 6.07 Å². The van der Waals surface area contributed by atoms with E-state index in [0.717, 1.165) is 33.5 Å². The predicted octanol–water partition coefficient (Wildman–Crippen LogP) is 1.84. The molecule has 9 unspecified atom stereocenters. The summed E-state index contributed by atoms with van der Waals surface area (Å²) in [5.74, 6) is 5.00. The highest BCUT2D eigenvalue weighted by atomic mass is 127. The summed E-state index contributed by atoms with van der Waals surface area (Å²) in [5, 5.41) is 9.40. The maximum absolute atomic E-state index is 9.40. The van der Waals surface area contributed by atoms with Gasteiger partial charge in [-0.25, -0.2) is 0 Å². The first-order valence-corrected chi connectivity index (χ1v) is 7.26. The minimum Gasteiger partial charge on any atom is -0.374 e. The molecule has 1 aliphatic heterocycles. The van der Waals surface area contributed by atoms with E-state index in [2.05, 4.69) is 28.7 Å². The minimum absolute atomic E-state index is 0.377. The maximum atomic E-state index is 9.40. The van der Waals surface area contributed by atoms with Crippen molar-refractivity contribution in [2.75, 3.05) is 0 Å². The van der Waals surface area contributed by atoms with Crippen LogP contribution in [0.5, 0.6) is 0 Å². The lowest BCUT2D eigenvalue weighted by atomic mass is 9.68. The van der Waals surface area contributed by atoms with E-state index in [9.17, 15) is 5.26 Å². The van der Waals surface area contributed by atoms with Crippen LogP contribution in [0.2, 0.25) is 0 Å². The first-order valence-electron chi connectivity index (χ1n) is 6.02. The molecular formula is C12H12INO. The first kappa shape index (κ1) is 8.30. The van der Waals surface area contributed by atoms with Crippen LogP contribution in [0.3, 0.4) is 0 Å². The Kier molecular flexibility index (Phi) is 1.24. The van der Waals surface area contributed by atoms with E-state index in [1.807, 2.05) is 0 Å². The van der Waals surface area contributed by atoms with E-state index in [-0.39, 0.29) is 0 Å². The summed E-state index contributed by atoms with van der Waals surface area (Å²) in [6.45, 7) is 0. The van der Waals surface area contributed by atoms with Crippen LogP contribution in [0.15, 0.2) is 0 Å². The fraction of sp³-hybridized carbons (Fsp3) is 0.917. The van der Waals surface area contributed by atoms with Crippen LogP contribution in [0.4, 0.5) is 0 Å². The molecule has 15 heavy (non-hydrogen) atoms. The van der Waals surface area contributed by atoms with Crippen molar-refractivity contribution in [3.05, 3.63) is 0 Å². The Morgan fingerprint density at radius 2 is 2.00 bits per heavy atom. The summed E-state index contributed by atoms with van der Waals surface area (Å²) in [6, 6.07) is 2.64. The van der Waals surface area contributed by atoms with Crippen LogP contribution in [0.25, 0.3) is 0 Å². The molecule has 10 atom stereocenters. The summed E-state index contributed by atoms with van der Waals surface area (Å²) in [7, 11) is 0. The average Bonchev–Trinajstić information content (AvgIpc) is 2.83. The molecule has 0 radical (unpaired) electrons. The van der Waals surface area contributed by atoms with Crippen molar-refractivity contribution in [2.45, 2.75) is 22.6 Å². The Bertz CT molecular complexity index is 403. The Hall–Kier alpha value is 0.180. The van der Waals surface area contributed by atoms with E-state index in [1.54, 1.807) is 0 Å². The highest BCUT2D eigenvalue weighted by Crippen LogP contribution is 2.76. The molecule has 0 spiro atoms. The largest absolute Gasteiger partial charge is 0.374 e. The summed E-state index contributed by atoms with van der Waals surface area (Å²) in [6.07, 6.45) is 2.38. The van der Waals surface area contributed by atoms with Crippen molar-refractivity contribution in [2.24, 2.45) is 41.4 Å². The van der Waals surface area contributed by atoms with Gasteiger partial charge in [0.05, 0.1) is 24.2 Å². The second kappa shape index (κ2) is 2.24. The van der Waals surface area contributed by atoms with Gasteiger partial charge in [0.1, 0.15) is 0 Å². The van der Waals surface area contributed by atoms with Gasteiger partial charge in [0.2, 0.25) is 0 Å². The number of alkyl halides is 1. The number of rotatable bonds is 0. The Morgan fingerprint density at radius 1 is 1.13 bits per heavy atom. The van der Waals surface area contributed by atoms with Crippen molar-refractivity contribution in [1.82, 2.24) is 0 Å². The summed E-state index contributed by atoms with van der Waals surface area (Å²) >= 11 is 2.62. The Balaban J connectivity index is 1.78. The second-order valence-corrected chi connectivity index (χ2v) is 7.46. The summed E-state index contributed by atoms with van der Waals surface area (Å²) < 4.78 is 6.92. The quantitative estimate of drug-likeness (QED) is 0.505. The number of nitrogens with zero attached hydrogens (tertiary/aromatic N) is 1. The van der Waals surface area contributed by atoms with Gasteiger partial charge in [0.15, 0.2) is 0 Å². The molecule has 78 valence electrons. The Labute approximate surface area is 102 Å². The smallest absolute Gasteiger partial charge is 0.0662 e. The SMILES string of the molecule is N#C[C@@H]1C2C(I)C3C4CC5OC3C2C5C41. The van der Waals surface area contributed by atoms with Gasteiger partial charge in [0, 0.05) is 9.84 Å². The molecule has 0 aromatic heterocycles. The standard InChI is InChI=1S/C12H12INO/c13-11-7-4(2-14)6-3-1-5-9(6)10(7)12(15-5)8(3)11/h3-12H,1H2/t3?,4-,5?,6?,7?,8?,9?,10?,11?,12?/m0/s1. The molecule has 1 saturated heterocycles. The molecule has 5 fully saturated rings. The van der Waals surface area contributed by atoms with Gasteiger partial charge >= 0.3 is 0 Å². The zero-order valence-electron chi connectivity index (χ0n) is 8.21. The third-order valence-electron chi connectivity index (χ3n) is 6.06. The lowest BCUT2D eigenvalue weighted by Gasteiger charge is -2.41. The lowest BCUT2D eigenvalue weighted by Crippen LogP contribution is -2.43. The number of fused-ring (bicyclic) bond motifs is 1. The van der Waals surface area contributed by atoms with E-state index < -0.39 is 0 Å². The molecule has 5 aliphatic rings. The molecular weight excluding hydrogens is 301 g/mol. The number of hydrogen-bond acceptors (Lipinski definition) is 2. The van der Waals surface area contributed by atoms with Crippen LogP contribution < -0.4 is 0 Å². The summed E-state index contributed by atoms with van der Waals surface area (Å²) in [4.78, 5) is 0. The fourth-order valence-corrected chi connectivity index (χ4v) is 7.89. The van der Waals surface area contributed by atoms with Crippen LogP contribution in [-0.2, 0) is 4.74 Å². The zero-order chi connectivity index (χ0) is 9.89. The molecule has 4 aliphatic carbocycles. The predicted molar refractivity (Wildman–Crippen MR) is 61.1 cm³/mol. The van der Waals surface area contributed by atoms with Crippen LogP contribution >= 0.6 is 22.6 Å². The Morgan fingerprint density at radius 3 is 2.80 bits per heavy atom. The van der Waals surface area contributed by atoms with Crippen LogP contribution in [0, 0.1) is 52.8 Å². The normalized spacial score (nSPS) is 75.7. The topological polar surface area (TPSA) is 33.0 Å². The molecule has 4 saturated carbocycles. The fourth-order valence-electron chi connectivity index (χ4n) is 6.02. The van der Waals surface area contributed by atoms with Crippen LogP contribution in [0.1, 0.15) is 6.42 Å². The highest BCUT2D eigenvalue weighted by molar-refractivity contribution is 14.1.